The summed E-state index contributed by atoms with van der Waals surface area (Å²) in [7, 11) is 0. The third-order valence-electron chi connectivity index (χ3n) is 4.24. The fourth-order valence-corrected chi connectivity index (χ4v) is 2.67. The molecule has 150 valence electrons. The lowest BCUT2D eigenvalue weighted by molar-refractivity contribution is -0.137. The van der Waals surface area contributed by atoms with Gasteiger partial charge in [-0.05, 0) is 37.5 Å². The molecule has 2 rings (SSSR count). The van der Waals surface area contributed by atoms with E-state index in [2.05, 4.69) is 0 Å². The molecule has 0 unspecified atom stereocenters. The molecule has 28 heavy (non-hydrogen) atoms. The summed E-state index contributed by atoms with van der Waals surface area (Å²) < 4.78 is 42.9. The van der Waals surface area contributed by atoms with Crippen LogP contribution in [0.1, 0.15) is 47.7 Å². The number of rotatable bonds is 8. The van der Waals surface area contributed by atoms with Gasteiger partial charge in [0, 0.05) is 29.5 Å². The van der Waals surface area contributed by atoms with Crippen molar-refractivity contribution in [3.05, 3.63) is 58.7 Å². The molecule has 0 fully saturated rings. The van der Waals surface area contributed by atoms with Gasteiger partial charge < -0.3 is 9.84 Å². The number of benzene rings is 1. The molecule has 0 aromatic heterocycles. The number of hydrogen-bond donors (Lipinski definition) is 1. The molecule has 0 saturated heterocycles. The molecule has 7 heteroatoms. The fourth-order valence-electron chi connectivity index (χ4n) is 2.67. The average Bonchev–Trinajstić information content (AvgIpc) is 2.97. The van der Waals surface area contributed by atoms with Gasteiger partial charge in [-0.3, -0.25) is 9.59 Å². The number of alkyl halides is 3. The number of carbonyl (C=O) groups is 2. The van der Waals surface area contributed by atoms with Gasteiger partial charge in [0.05, 0.1) is 6.61 Å². The predicted molar refractivity (Wildman–Crippen MR) is 99.4 cm³/mol. The maximum Gasteiger partial charge on any atom is 0.412 e. The minimum atomic E-state index is -4.35. The molecule has 1 aromatic rings. The number of Topliss-reactive ketones (excluding diaryl/α,β-unsaturated/α-hetero) is 1. The summed E-state index contributed by atoms with van der Waals surface area (Å²) in [6.07, 6.45) is 4.04. The third-order valence-corrected chi connectivity index (χ3v) is 4.24. The number of fused-ring (bicyclic) bond motifs is 1. The number of allylic oxidation sites excluding steroid dienone is 5. The van der Waals surface area contributed by atoms with Gasteiger partial charge in [-0.15, -0.1) is 0 Å². The van der Waals surface area contributed by atoms with E-state index in [1.54, 1.807) is 18.2 Å². The van der Waals surface area contributed by atoms with Crippen LogP contribution in [0.3, 0.4) is 0 Å². The summed E-state index contributed by atoms with van der Waals surface area (Å²) in [5, 5.41) is 8.69. The van der Waals surface area contributed by atoms with E-state index in [1.165, 1.54) is 12.2 Å². The van der Waals surface area contributed by atoms with E-state index in [0.29, 0.717) is 36.1 Å². The second kappa shape index (κ2) is 9.39. The van der Waals surface area contributed by atoms with E-state index in [4.69, 9.17) is 9.84 Å². The highest BCUT2D eigenvalue weighted by atomic mass is 19.4. The van der Waals surface area contributed by atoms with Crippen molar-refractivity contribution in [1.29, 1.82) is 0 Å². The van der Waals surface area contributed by atoms with Crippen LogP contribution in [0.4, 0.5) is 13.2 Å². The summed E-state index contributed by atoms with van der Waals surface area (Å²) in [6, 6.07) is 3.48. The van der Waals surface area contributed by atoms with Crippen molar-refractivity contribution in [3.8, 4) is 5.75 Å². The quantitative estimate of drug-likeness (QED) is 0.490. The van der Waals surface area contributed by atoms with E-state index >= 15 is 0 Å². The molecule has 0 spiro atoms. The van der Waals surface area contributed by atoms with Crippen LogP contribution >= 0.6 is 0 Å². The van der Waals surface area contributed by atoms with Gasteiger partial charge in [-0.25, -0.2) is 0 Å². The second-order valence-electron chi connectivity index (χ2n) is 6.41. The molecule has 0 atom stereocenters. The number of halogens is 3. The Labute approximate surface area is 161 Å². The van der Waals surface area contributed by atoms with E-state index in [9.17, 15) is 22.8 Å². The zero-order valence-electron chi connectivity index (χ0n) is 15.4. The van der Waals surface area contributed by atoms with Crippen molar-refractivity contribution < 1.29 is 32.6 Å². The first-order valence-corrected chi connectivity index (χ1v) is 8.82. The minimum Gasteiger partial charge on any atom is -0.493 e. The number of ketones is 1. The number of carbonyl (C=O) groups excluding carboxylic acids is 1. The molecule has 0 aliphatic heterocycles. The Morgan fingerprint density at radius 3 is 2.64 bits per heavy atom. The normalized spacial score (nSPS) is 14.9. The molecule has 1 aliphatic rings. The van der Waals surface area contributed by atoms with Crippen LogP contribution in [0.25, 0.3) is 6.08 Å². The maximum atomic E-state index is 12.4. The molecule has 0 bridgehead atoms. The summed E-state index contributed by atoms with van der Waals surface area (Å²) in [5.74, 6) is -0.431. The highest BCUT2D eigenvalue weighted by Gasteiger charge is 2.29. The van der Waals surface area contributed by atoms with Crippen LogP contribution < -0.4 is 4.74 Å². The zero-order valence-corrected chi connectivity index (χ0v) is 15.4. The van der Waals surface area contributed by atoms with Crippen LogP contribution in [-0.4, -0.2) is 29.6 Å². The van der Waals surface area contributed by atoms with Crippen LogP contribution in [0, 0.1) is 0 Å². The van der Waals surface area contributed by atoms with Gasteiger partial charge in [0.15, 0.2) is 5.78 Å². The molecule has 1 N–H and O–H groups in total. The lowest BCUT2D eigenvalue weighted by Crippen LogP contribution is -2.08. The van der Waals surface area contributed by atoms with Crippen molar-refractivity contribution in [2.75, 3.05) is 6.61 Å². The lowest BCUT2D eigenvalue weighted by Gasteiger charge is -2.11. The molecular formula is C21H21F3O4. The first kappa shape index (κ1) is 21.5. The van der Waals surface area contributed by atoms with Crippen molar-refractivity contribution >= 4 is 17.8 Å². The number of aliphatic carboxylic acids is 1. The molecule has 0 saturated carbocycles. The predicted octanol–water partition coefficient (Wildman–Crippen LogP) is 5.14. The number of hydrogen-bond acceptors (Lipinski definition) is 3. The van der Waals surface area contributed by atoms with Crippen molar-refractivity contribution in [2.45, 2.75) is 38.8 Å². The monoisotopic (exact) mass is 394 g/mol. The van der Waals surface area contributed by atoms with Gasteiger partial charge in [-0.1, -0.05) is 30.4 Å². The molecule has 1 aromatic carbocycles. The molecular weight excluding hydrogens is 373 g/mol. The van der Waals surface area contributed by atoms with E-state index < -0.39 is 17.7 Å². The fraction of sp³-hybridized carbons (Fsp3) is 0.333. The Morgan fingerprint density at radius 1 is 1.21 bits per heavy atom. The van der Waals surface area contributed by atoms with Crippen LogP contribution in [0.5, 0.6) is 5.75 Å². The number of ether oxygens (including phenoxy) is 1. The van der Waals surface area contributed by atoms with Crippen molar-refractivity contribution in [3.63, 3.8) is 0 Å². The number of carboxylic acid groups (broad SMARTS) is 1. The first-order valence-electron chi connectivity index (χ1n) is 8.82. The average molecular weight is 394 g/mol. The third kappa shape index (κ3) is 6.11. The van der Waals surface area contributed by atoms with Crippen LogP contribution in [-0.2, 0) is 11.2 Å². The van der Waals surface area contributed by atoms with Crippen LogP contribution in [0.2, 0.25) is 0 Å². The van der Waals surface area contributed by atoms with Crippen LogP contribution in [0.15, 0.2) is 42.0 Å². The summed E-state index contributed by atoms with van der Waals surface area (Å²) >= 11 is 0. The smallest absolute Gasteiger partial charge is 0.412 e. The van der Waals surface area contributed by atoms with Gasteiger partial charge in [0.1, 0.15) is 5.75 Å². The van der Waals surface area contributed by atoms with Gasteiger partial charge in [0.25, 0.3) is 0 Å². The topological polar surface area (TPSA) is 63.6 Å². The number of carboxylic acids is 1. The van der Waals surface area contributed by atoms with Gasteiger partial charge in [-0.2, -0.15) is 13.2 Å². The molecule has 0 radical (unpaired) electrons. The van der Waals surface area contributed by atoms with Crippen molar-refractivity contribution in [1.82, 2.24) is 0 Å². The summed E-state index contributed by atoms with van der Waals surface area (Å²) in [6.45, 7) is 1.18. The van der Waals surface area contributed by atoms with Gasteiger partial charge in [0.2, 0.25) is 0 Å². The van der Waals surface area contributed by atoms with E-state index in [-0.39, 0.29) is 18.8 Å². The highest BCUT2D eigenvalue weighted by Crippen LogP contribution is 2.31. The maximum absolute atomic E-state index is 12.4. The van der Waals surface area contributed by atoms with E-state index in [1.807, 2.05) is 6.07 Å². The molecule has 4 nitrogen and oxygen atoms in total. The Bertz CT molecular complexity index is 833. The first-order chi connectivity index (χ1) is 13.2. The zero-order chi connectivity index (χ0) is 20.7. The Hall–Kier alpha value is -2.83. The van der Waals surface area contributed by atoms with Crippen molar-refractivity contribution in [2.24, 2.45) is 0 Å². The molecule has 1 aliphatic carbocycles. The summed E-state index contributed by atoms with van der Waals surface area (Å²) in [4.78, 5) is 22.5. The Kier molecular flexibility index (Phi) is 7.20. The SMILES string of the molecule is C\C(=C/C=C\C=C\c1cc2c(cc1OCCCC(=O)O)C(=O)CC2)C(F)(F)F. The second-order valence-corrected chi connectivity index (χ2v) is 6.41. The molecule has 0 heterocycles. The van der Waals surface area contributed by atoms with E-state index in [0.717, 1.165) is 18.6 Å². The Balaban J connectivity index is 2.15. The molecule has 0 amide bonds. The number of aryl methyl sites for hydroxylation is 1. The highest BCUT2D eigenvalue weighted by molar-refractivity contribution is 6.01. The lowest BCUT2D eigenvalue weighted by atomic mass is 10.0. The minimum absolute atomic E-state index is 0.0251. The Morgan fingerprint density at radius 2 is 1.96 bits per heavy atom. The standard InChI is InChI=1S/C21H21F3O4/c1-14(21(22,23)24)6-3-2-4-7-16-12-15-9-10-18(25)17(15)13-19(16)28-11-5-8-20(26)27/h2-4,6-7,12-13H,5,8-11H2,1H3,(H,26,27)/b3-2-,7-4+,14-6+. The largest absolute Gasteiger partial charge is 0.493 e. The van der Waals surface area contributed by atoms with Gasteiger partial charge >= 0.3 is 12.1 Å². The summed E-state index contributed by atoms with van der Waals surface area (Å²) in [5.41, 5.74) is 1.49.